The van der Waals surface area contributed by atoms with Gasteiger partial charge in [0.15, 0.2) is 5.72 Å². The van der Waals surface area contributed by atoms with Crippen LogP contribution >= 0.6 is 23.2 Å². The molecular formula is C25H19Cl2N3O2. The molecule has 0 bridgehead atoms. The molecule has 1 saturated heterocycles. The van der Waals surface area contributed by atoms with Crippen LogP contribution in [0.1, 0.15) is 30.0 Å². The lowest BCUT2D eigenvalue weighted by atomic mass is 9.76. The summed E-state index contributed by atoms with van der Waals surface area (Å²) in [4.78, 5) is 17.1. The van der Waals surface area contributed by atoms with Crippen molar-refractivity contribution in [2.24, 2.45) is 0 Å². The number of carbonyl (C=O) groups is 1. The summed E-state index contributed by atoms with van der Waals surface area (Å²) < 4.78 is 0. The Morgan fingerprint density at radius 3 is 2.44 bits per heavy atom. The number of nitrogens with zero attached hydrogens (tertiary/aromatic N) is 3. The van der Waals surface area contributed by atoms with Crippen LogP contribution in [-0.4, -0.2) is 16.7 Å². The fourth-order valence-corrected chi connectivity index (χ4v) is 5.49. The number of hydrogen-bond acceptors (Lipinski definition) is 3. The topological polar surface area (TPSA) is 67.6 Å². The molecule has 5 rings (SSSR count). The summed E-state index contributed by atoms with van der Waals surface area (Å²) in [6, 6.07) is 20.8. The first kappa shape index (κ1) is 20.8. The Morgan fingerprint density at radius 2 is 1.75 bits per heavy atom. The Kier molecular flexibility index (Phi) is 4.72. The maximum absolute atomic E-state index is 14.0. The molecule has 2 aliphatic rings. The predicted molar refractivity (Wildman–Crippen MR) is 125 cm³/mol. The second kappa shape index (κ2) is 7.25. The molecule has 0 aliphatic carbocycles. The van der Waals surface area contributed by atoms with Crippen LogP contribution in [0.15, 0.2) is 66.7 Å². The van der Waals surface area contributed by atoms with Gasteiger partial charge in [0.1, 0.15) is 5.54 Å². The van der Waals surface area contributed by atoms with Crippen molar-refractivity contribution in [3.63, 3.8) is 0 Å². The predicted octanol–water partition coefficient (Wildman–Crippen LogP) is 5.86. The van der Waals surface area contributed by atoms with Crippen molar-refractivity contribution in [1.29, 1.82) is 5.26 Å². The van der Waals surface area contributed by atoms with Gasteiger partial charge in [-0.15, -0.1) is 0 Å². The summed E-state index contributed by atoms with van der Waals surface area (Å²) in [6.45, 7) is 1.96. The second-order valence-electron chi connectivity index (χ2n) is 8.13. The molecule has 7 heteroatoms. The molecule has 3 aromatic rings. The van der Waals surface area contributed by atoms with Gasteiger partial charge in [-0.05, 0) is 66.6 Å². The lowest BCUT2D eigenvalue weighted by molar-refractivity contribution is -0.0167. The number of fused-ring (bicyclic) bond motifs is 3. The number of rotatable bonds is 3. The van der Waals surface area contributed by atoms with Crippen LogP contribution in [0.2, 0.25) is 10.0 Å². The van der Waals surface area contributed by atoms with Crippen LogP contribution in [-0.2, 0) is 12.1 Å². The van der Waals surface area contributed by atoms with Crippen LogP contribution in [0.3, 0.4) is 0 Å². The number of amides is 2. The fourth-order valence-electron chi connectivity index (χ4n) is 5.17. The van der Waals surface area contributed by atoms with E-state index in [1.54, 1.807) is 59.5 Å². The zero-order valence-electron chi connectivity index (χ0n) is 17.2. The van der Waals surface area contributed by atoms with E-state index < -0.39 is 11.3 Å². The quantitative estimate of drug-likeness (QED) is 0.528. The Balaban J connectivity index is 1.81. The minimum Gasteiger partial charge on any atom is -0.364 e. The molecule has 1 N–H and O–H groups in total. The number of urea groups is 1. The molecule has 5 nitrogen and oxygen atoms in total. The lowest BCUT2D eigenvalue weighted by Crippen LogP contribution is -2.59. The molecule has 0 aromatic heterocycles. The summed E-state index contributed by atoms with van der Waals surface area (Å²) in [5.74, 6) is 0. The maximum atomic E-state index is 14.0. The molecule has 0 radical (unpaired) electrons. The molecule has 32 heavy (non-hydrogen) atoms. The van der Waals surface area contributed by atoms with Gasteiger partial charge < -0.3 is 5.11 Å². The monoisotopic (exact) mass is 463 g/mol. The van der Waals surface area contributed by atoms with Gasteiger partial charge in [0.05, 0.1) is 11.6 Å². The molecule has 2 amide bonds. The fraction of sp³-hybridized carbons (Fsp3) is 0.200. The average molecular weight is 464 g/mol. The van der Waals surface area contributed by atoms with E-state index >= 15 is 0 Å². The van der Waals surface area contributed by atoms with Crippen LogP contribution in [0.5, 0.6) is 0 Å². The van der Waals surface area contributed by atoms with Crippen molar-refractivity contribution in [3.8, 4) is 6.07 Å². The number of halogens is 2. The number of hydrogen-bond donors (Lipinski definition) is 1. The summed E-state index contributed by atoms with van der Waals surface area (Å²) in [5, 5.41) is 23.2. The van der Waals surface area contributed by atoms with Gasteiger partial charge in [0.2, 0.25) is 0 Å². The van der Waals surface area contributed by atoms with Crippen molar-refractivity contribution in [2.75, 3.05) is 9.80 Å². The van der Waals surface area contributed by atoms with E-state index in [0.717, 1.165) is 11.3 Å². The Hall–Kier alpha value is -3.04. The first-order valence-corrected chi connectivity index (χ1v) is 11.0. The van der Waals surface area contributed by atoms with E-state index in [1.165, 1.54) is 4.90 Å². The highest BCUT2D eigenvalue weighted by molar-refractivity contribution is 6.31. The second-order valence-corrected chi connectivity index (χ2v) is 9.00. The highest BCUT2D eigenvalue weighted by Crippen LogP contribution is 2.58. The molecule has 2 atom stereocenters. The third-order valence-corrected chi connectivity index (χ3v) is 7.10. The van der Waals surface area contributed by atoms with E-state index in [-0.39, 0.29) is 6.03 Å². The molecule has 2 unspecified atom stereocenters. The van der Waals surface area contributed by atoms with Gasteiger partial charge in [0, 0.05) is 33.4 Å². The van der Waals surface area contributed by atoms with Crippen molar-refractivity contribution < 1.29 is 9.90 Å². The molecular weight excluding hydrogens is 445 g/mol. The minimum atomic E-state index is -1.75. The normalized spacial score (nSPS) is 23.8. The van der Waals surface area contributed by atoms with Crippen molar-refractivity contribution in [1.82, 2.24) is 0 Å². The summed E-state index contributed by atoms with van der Waals surface area (Å²) in [5.41, 5.74) is 0.286. The maximum Gasteiger partial charge on any atom is 0.332 e. The van der Waals surface area contributed by atoms with Crippen molar-refractivity contribution in [3.05, 3.63) is 93.5 Å². The summed E-state index contributed by atoms with van der Waals surface area (Å²) >= 11 is 12.3. The third kappa shape index (κ3) is 2.64. The van der Waals surface area contributed by atoms with Gasteiger partial charge in [0.25, 0.3) is 0 Å². The summed E-state index contributed by atoms with van der Waals surface area (Å²) in [7, 11) is 0. The van der Waals surface area contributed by atoms with Gasteiger partial charge in [-0.2, -0.15) is 5.26 Å². The first-order chi connectivity index (χ1) is 15.4. The van der Waals surface area contributed by atoms with Gasteiger partial charge in [-0.3, -0.25) is 9.80 Å². The standard InChI is InChI=1S/C25H19Cl2N3O2/c1-2-24-14-17-13-20(27)8-11-22(17)30(24)23(31)29(21-9-6-19(26)7-10-21)25(24,32)18-5-3-4-16(12-18)15-28/h3-13,32H,2,14H2,1H3. The Morgan fingerprint density at radius 1 is 1.03 bits per heavy atom. The van der Waals surface area contributed by atoms with Gasteiger partial charge in [-0.25, -0.2) is 4.79 Å². The van der Waals surface area contributed by atoms with Crippen LogP contribution in [0, 0.1) is 11.3 Å². The first-order valence-electron chi connectivity index (χ1n) is 10.3. The van der Waals surface area contributed by atoms with E-state index in [4.69, 9.17) is 23.2 Å². The van der Waals surface area contributed by atoms with Gasteiger partial charge >= 0.3 is 6.03 Å². The number of nitriles is 1. The van der Waals surface area contributed by atoms with Crippen molar-refractivity contribution in [2.45, 2.75) is 31.0 Å². The van der Waals surface area contributed by atoms with E-state index in [9.17, 15) is 15.2 Å². The number of anilines is 2. The van der Waals surface area contributed by atoms with E-state index in [2.05, 4.69) is 6.07 Å². The highest BCUT2D eigenvalue weighted by Gasteiger charge is 2.70. The molecule has 2 aliphatic heterocycles. The molecule has 2 heterocycles. The van der Waals surface area contributed by atoms with E-state index in [1.807, 2.05) is 19.1 Å². The lowest BCUT2D eigenvalue weighted by Gasteiger charge is -2.44. The van der Waals surface area contributed by atoms with E-state index in [0.29, 0.717) is 39.7 Å². The summed E-state index contributed by atoms with van der Waals surface area (Å²) in [6.07, 6.45) is 0.894. The zero-order valence-corrected chi connectivity index (χ0v) is 18.7. The Labute approximate surface area is 196 Å². The van der Waals surface area contributed by atoms with Crippen LogP contribution < -0.4 is 9.80 Å². The number of carbonyl (C=O) groups excluding carboxylic acids is 1. The smallest absolute Gasteiger partial charge is 0.332 e. The zero-order chi connectivity index (χ0) is 22.7. The third-order valence-electron chi connectivity index (χ3n) is 6.61. The average Bonchev–Trinajstić information content (AvgIpc) is 3.23. The molecule has 160 valence electrons. The minimum absolute atomic E-state index is 0.347. The van der Waals surface area contributed by atoms with Crippen LogP contribution in [0.25, 0.3) is 0 Å². The van der Waals surface area contributed by atoms with Crippen molar-refractivity contribution >= 4 is 40.6 Å². The van der Waals surface area contributed by atoms with Gasteiger partial charge in [-0.1, -0.05) is 42.3 Å². The number of benzene rings is 3. The molecule has 3 aromatic carbocycles. The molecule has 1 fully saturated rings. The largest absolute Gasteiger partial charge is 0.364 e. The number of aliphatic hydroxyl groups is 1. The Bertz CT molecular complexity index is 1290. The molecule has 0 saturated carbocycles. The van der Waals surface area contributed by atoms with Crippen LogP contribution in [0.4, 0.5) is 16.2 Å². The molecule has 0 spiro atoms. The SMILES string of the molecule is CCC12Cc3cc(Cl)ccc3N1C(=O)N(c1ccc(Cl)cc1)C2(O)c1cccc(C#N)c1. The highest BCUT2D eigenvalue weighted by atomic mass is 35.5.